The standard InChI is InChI=1S/C13H22N2O2/c1-4-13(5-2,10-16)9-14-11-6-7-12(17)15(3)8-11/h6-8,14,16H,4-5,9-10H2,1-3H3. The SMILES string of the molecule is CCC(CC)(CO)CNc1ccc(=O)n(C)c1. The van der Waals surface area contributed by atoms with Crippen molar-refractivity contribution in [2.45, 2.75) is 26.7 Å². The van der Waals surface area contributed by atoms with E-state index < -0.39 is 0 Å². The smallest absolute Gasteiger partial charge is 0.250 e. The molecule has 1 heterocycles. The summed E-state index contributed by atoms with van der Waals surface area (Å²) in [6.07, 6.45) is 3.63. The minimum absolute atomic E-state index is 0.0186. The number of hydrogen-bond acceptors (Lipinski definition) is 3. The molecule has 0 saturated heterocycles. The molecule has 1 aromatic rings. The average Bonchev–Trinajstić information content (AvgIpc) is 2.36. The Labute approximate surface area is 102 Å². The maximum Gasteiger partial charge on any atom is 0.250 e. The first kappa shape index (κ1) is 13.8. The van der Waals surface area contributed by atoms with Crippen LogP contribution < -0.4 is 10.9 Å². The summed E-state index contributed by atoms with van der Waals surface area (Å²) >= 11 is 0. The molecule has 0 aliphatic rings. The Hall–Kier alpha value is -1.29. The van der Waals surface area contributed by atoms with Crippen molar-refractivity contribution in [2.75, 3.05) is 18.5 Å². The van der Waals surface area contributed by atoms with Gasteiger partial charge >= 0.3 is 0 Å². The molecule has 0 aliphatic carbocycles. The lowest BCUT2D eigenvalue weighted by Crippen LogP contribution is -2.32. The summed E-state index contributed by atoms with van der Waals surface area (Å²) in [5.74, 6) is 0. The highest BCUT2D eigenvalue weighted by Gasteiger charge is 2.24. The van der Waals surface area contributed by atoms with Gasteiger partial charge in [0.25, 0.3) is 0 Å². The zero-order valence-electron chi connectivity index (χ0n) is 10.9. The monoisotopic (exact) mass is 238 g/mol. The fourth-order valence-corrected chi connectivity index (χ4v) is 1.77. The van der Waals surface area contributed by atoms with E-state index in [4.69, 9.17) is 0 Å². The molecule has 0 spiro atoms. The van der Waals surface area contributed by atoms with Crippen LogP contribution in [0.3, 0.4) is 0 Å². The van der Waals surface area contributed by atoms with Crippen LogP contribution in [0.4, 0.5) is 5.69 Å². The molecule has 1 rings (SSSR count). The van der Waals surface area contributed by atoms with Crippen LogP contribution in [0.2, 0.25) is 0 Å². The van der Waals surface area contributed by atoms with Gasteiger partial charge in [-0.1, -0.05) is 13.8 Å². The Morgan fingerprint density at radius 1 is 1.35 bits per heavy atom. The first-order chi connectivity index (χ1) is 8.06. The number of aromatic nitrogens is 1. The highest BCUT2D eigenvalue weighted by atomic mass is 16.3. The van der Waals surface area contributed by atoms with Gasteiger partial charge in [-0.05, 0) is 18.9 Å². The second-order valence-electron chi connectivity index (χ2n) is 4.59. The second-order valence-corrected chi connectivity index (χ2v) is 4.59. The van der Waals surface area contributed by atoms with E-state index in [1.54, 1.807) is 29.9 Å². The van der Waals surface area contributed by atoms with E-state index in [-0.39, 0.29) is 17.6 Å². The number of aliphatic hydroxyl groups excluding tert-OH is 1. The van der Waals surface area contributed by atoms with Crippen LogP contribution in [0.5, 0.6) is 0 Å². The summed E-state index contributed by atoms with van der Waals surface area (Å²) in [6.45, 7) is 5.07. The molecular formula is C13H22N2O2. The molecule has 2 N–H and O–H groups in total. The van der Waals surface area contributed by atoms with E-state index in [9.17, 15) is 9.90 Å². The Morgan fingerprint density at radius 2 is 2.00 bits per heavy atom. The van der Waals surface area contributed by atoms with Crippen LogP contribution in [0.1, 0.15) is 26.7 Å². The van der Waals surface area contributed by atoms with Gasteiger partial charge in [0.05, 0.1) is 12.3 Å². The van der Waals surface area contributed by atoms with E-state index in [0.717, 1.165) is 18.5 Å². The third-order valence-corrected chi connectivity index (χ3v) is 3.59. The van der Waals surface area contributed by atoms with E-state index >= 15 is 0 Å². The van der Waals surface area contributed by atoms with Gasteiger partial charge in [-0.3, -0.25) is 4.79 Å². The summed E-state index contributed by atoms with van der Waals surface area (Å²) in [7, 11) is 1.73. The number of nitrogens with zero attached hydrogens (tertiary/aromatic N) is 1. The van der Waals surface area contributed by atoms with Crippen LogP contribution in [0.25, 0.3) is 0 Å². The zero-order chi connectivity index (χ0) is 12.9. The van der Waals surface area contributed by atoms with Crippen molar-refractivity contribution in [3.63, 3.8) is 0 Å². The first-order valence-corrected chi connectivity index (χ1v) is 6.08. The van der Waals surface area contributed by atoms with Crippen molar-refractivity contribution in [1.29, 1.82) is 0 Å². The molecule has 4 nitrogen and oxygen atoms in total. The topological polar surface area (TPSA) is 54.3 Å². The van der Waals surface area contributed by atoms with Crippen molar-refractivity contribution in [2.24, 2.45) is 12.5 Å². The summed E-state index contributed by atoms with van der Waals surface area (Å²) in [6, 6.07) is 3.32. The molecule has 0 unspecified atom stereocenters. The molecule has 0 aromatic carbocycles. The van der Waals surface area contributed by atoms with Crippen molar-refractivity contribution in [3.05, 3.63) is 28.7 Å². The van der Waals surface area contributed by atoms with Crippen LogP contribution in [0.15, 0.2) is 23.1 Å². The Morgan fingerprint density at radius 3 is 2.47 bits per heavy atom. The molecule has 0 bridgehead atoms. The van der Waals surface area contributed by atoms with Crippen LogP contribution in [0, 0.1) is 5.41 Å². The average molecular weight is 238 g/mol. The van der Waals surface area contributed by atoms with Gasteiger partial charge in [0.15, 0.2) is 0 Å². The number of aryl methyl sites for hydroxylation is 1. The molecular weight excluding hydrogens is 216 g/mol. The normalized spacial score (nSPS) is 11.5. The lowest BCUT2D eigenvalue weighted by molar-refractivity contribution is 0.127. The minimum atomic E-state index is -0.0747. The van der Waals surface area contributed by atoms with Crippen molar-refractivity contribution < 1.29 is 5.11 Å². The number of pyridine rings is 1. The quantitative estimate of drug-likeness (QED) is 0.791. The fraction of sp³-hybridized carbons (Fsp3) is 0.615. The van der Waals surface area contributed by atoms with E-state index in [2.05, 4.69) is 19.2 Å². The number of hydrogen-bond donors (Lipinski definition) is 2. The van der Waals surface area contributed by atoms with Gasteiger partial charge in [0, 0.05) is 31.3 Å². The summed E-state index contributed by atoms with van der Waals surface area (Å²) < 4.78 is 1.54. The second kappa shape index (κ2) is 5.87. The predicted octanol–water partition coefficient (Wildman–Crippen LogP) is 1.60. The van der Waals surface area contributed by atoms with Crippen molar-refractivity contribution in [1.82, 2.24) is 4.57 Å². The summed E-state index contributed by atoms with van der Waals surface area (Å²) in [5, 5.41) is 12.7. The molecule has 4 heteroatoms. The van der Waals surface area contributed by atoms with Gasteiger partial charge in [0.2, 0.25) is 5.56 Å². The lowest BCUT2D eigenvalue weighted by atomic mass is 9.83. The van der Waals surface area contributed by atoms with Gasteiger partial charge in [0.1, 0.15) is 0 Å². The molecule has 0 saturated carbocycles. The molecule has 0 fully saturated rings. The van der Waals surface area contributed by atoms with E-state index in [1.807, 2.05) is 0 Å². The fourth-order valence-electron chi connectivity index (χ4n) is 1.77. The maximum atomic E-state index is 11.2. The van der Waals surface area contributed by atoms with Gasteiger partial charge in [-0.2, -0.15) is 0 Å². The molecule has 0 atom stereocenters. The highest BCUT2D eigenvalue weighted by Crippen LogP contribution is 2.25. The number of nitrogens with one attached hydrogen (secondary N) is 1. The Balaban J connectivity index is 2.72. The lowest BCUT2D eigenvalue weighted by Gasteiger charge is -2.30. The number of anilines is 1. The molecule has 0 aliphatic heterocycles. The van der Waals surface area contributed by atoms with Crippen LogP contribution in [-0.4, -0.2) is 22.8 Å². The molecule has 1 aromatic heterocycles. The summed E-state index contributed by atoms with van der Waals surface area (Å²) in [5.41, 5.74) is 0.816. The van der Waals surface area contributed by atoms with Gasteiger partial charge in [-0.15, -0.1) is 0 Å². The maximum absolute atomic E-state index is 11.2. The summed E-state index contributed by atoms with van der Waals surface area (Å²) in [4.78, 5) is 11.2. The Bertz CT molecular complexity index is 400. The van der Waals surface area contributed by atoms with Crippen molar-refractivity contribution in [3.8, 4) is 0 Å². The minimum Gasteiger partial charge on any atom is -0.396 e. The van der Waals surface area contributed by atoms with Gasteiger partial charge in [-0.25, -0.2) is 0 Å². The van der Waals surface area contributed by atoms with E-state index in [1.165, 1.54) is 0 Å². The largest absolute Gasteiger partial charge is 0.396 e. The number of rotatable bonds is 6. The van der Waals surface area contributed by atoms with Crippen molar-refractivity contribution >= 4 is 5.69 Å². The molecule has 17 heavy (non-hydrogen) atoms. The predicted molar refractivity (Wildman–Crippen MR) is 70.3 cm³/mol. The first-order valence-electron chi connectivity index (χ1n) is 6.08. The highest BCUT2D eigenvalue weighted by molar-refractivity contribution is 5.40. The van der Waals surface area contributed by atoms with Crippen LogP contribution >= 0.6 is 0 Å². The molecule has 0 amide bonds. The third-order valence-electron chi connectivity index (χ3n) is 3.59. The third kappa shape index (κ3) is 3.33. The van der Waals surface area contributed by atoms with E-state index in [0.29, 0.717) is 6.54 Å². The molecule has 96 valence electrons. The zero-order valence-corrected chi connectivity index (χ0v) is 10.9. The Kier molecular flexibility index (Phi) is 4.75. The van der Waals surface area contributed by atoms with Gasteiger partial charge < -0.3 is 15.0 Å². The molecule has 0 radical (unpaired) electrons. The van der Waals surface area contributed by atoms with Crippen LogP contribution in [-0.2, 0) is 7.05 Å². The number of aliphatic hydroxyl groups is 1.